The van der Waals surface area contributed by atoms with E-state index in [2.05, 4.69) is 104 Å². The van der Waals surface area contributed by atoms with Gasteiger partial charge in [0.1, 0.15) is 5.82 Å². The van der Waals surface area contributed by atoms with Crippen molar-refractivity contribution in [1.82, 2.24) is 9.55 Å². The Bertz CT molecular complexity index is 1150. The number of thioether (sulfide) groups is 1. The number of hydrogen-bond donors (Lipinski definition) is 0. The van der Waals surface area contributed by atoms with E-state index in [4.69, 9.17) is 4.98 Å². The number of imidazole rings is 1. The van der Waals surface area contributed by atoms with Gasteiger partial charge in [-0.15, -0.1) is 11.8 Å². The Balaban J connectivity index is 1.99. The third-order valence-corrected chi connectivity index (χ3v) is 8.41. The fourth-order valence-electron chi connectivity index (χ4n) is 4.91. The van der Waals surface area contributed by atoms with Gasteiger partial charge in [-0.25, -0.2) is 4.98 Å². The molecule has 0 N–H and O–H groups in total. The van der Waals surface area contributed by atoms with E-state index in [1.54, 1.807) is 0 Å². The molecule has 0 saturated carbocycles. The molecule has 2 aromatic carbocycles. The summed E-state index contributed by atoms with van der Waals surface area (Å²) in [5.41, 5.74) is 9.57. The Kier molecular flexibility index (Phi) is 5.65. The van der Waals surface area contributed by atoms with Gasteiger partial charge in [-0.2, -0.15) is 0 Å². The molecule has 0 fully saturated rings. The van der Waals surface area contributed by atoms with Crippen molar-refractivity contribution < 1.29 is 0 Å². The molecular formula is C29H38N2S. The number of rotatable bonds is 2. The summed E-state index contributed by atoms with van der Waals surface area (Å²) in [5.74, 6) is 1.62. The molecule has 0 aliphatic carbocycles. The lowest BCUT2D eigenvalue weighted by Gasteiger charge is -2.26. The van der Waals surface area contributed by atoms with Gasteiger partial charge in [0.05, 0.1) is 5.69 Å². The summed E-state index contributed by atoms with van der Waals surface area (Å²) in [6.45, 7) is 23.0. The highest BCUT2D eigenvalue weighted by Crippen LogP contribution is 2.52. The molecule has 2 nitrogen and oxygen atoms in total. The molecule has 0 radical (unpaired) electrons. The first-order valence-electron chi connectivity index (χ1n) is 11.8. The summed E-state index contributed by atoms with van der Waals surface area (Å²) in [6.07, 6.45) is 4.10. The Hall–Kier alpha value is -2.00. The number of aryl methyl sites for hydroxylation is 2. The first kappa shape index (κ1) is 23.2. The lowest BCUT2D eigenvalue weighted by atomic mass is 9.81. The molecule has 0 spiro atoms. The van der Waals surface area contributed by atoms with E-state index in [-0.39, 0.29) is 10.8 Å². The summed E-state index contributed by atoms with van der Waals surface area (Å²) in [4.78, 5) is 6.39. The van der Waals surface area contributed by atoms with Gasteiger partial charge in [0.2, 0.25) is 0 Å². The van der Waals surface area contributed by atoms with Gasteiger partial charge in [0, 0.05) is 28.1 Å². The van der Waals surface area contributed by atoms with E-state index in [1.807, 2.05) is 18.0 Å². The highest BCUT2D eigenvalue weighted by Gasteiger charge is 2.34. The summed E-state index contributed by atoms with van der Waals surface area (Å²) in [5, 5.41) is 0.580. The first-order chi connectivity index (χ1) is 14.8. The van der Waals surface area contributed by atoms with Crippen LogP contribution in [-0.4, -0.2) is 14.8 Å². The molecule has 1 aromatic heterocycles. The number of nitrogens with zero attached hydrogens (tertiary/aromatic N) is 2. The quantitative estimate of drug-likeness (QED) is 0.393. The van der Waals surface area contributed by atoms with Crippen molar-refractivity contribution in [1.29, 1.82) is 0 Å². The lowest BCUT2D eigenvalue weighted by Crippen LogP contribution is -2.16. The van der Waals surface area contributed by atoms with Crippen molar-refractivity contribution in [3.63, 3.8) is 0 Å². The van der Waals surface area contributed by atoms with Gasteiger partial charge in [-0.3, -0.25) is 4.57 Å². The number of aromatic nitrogens is 2. The van der Waals surface area contributed by atoms with Gasteiger partial charge in [-0.1, -0.05) is 79.7 Å². The van der Waals surface area contributed by atoms with Crippen LogP contribution in [0.3, 0.4) is 0 Å². The highest BCUT2D eigenvalue weighted by molar-refractivity contribution is 8.00. The molecule has 0 saturated heterocycles. The van der Waals surface area contributed by atoms with Gasteiger partial charge in [0.25, 0.3) is 0 Å². The molecule has 170 valence electrons. The number of fused-ring (bicyclic) bond motifs is 1. The predicted molar refractivity (Wildman–Crippen MR) is 140 cm³/mol. The molecule has 0 amide bonds. The van der Waals surface area contributed by atoms with Gasteiger partial charge in [-0.05, 0) is 58.4 Å². The zero-order valence-corrected chi connectivity index (χ0v) is 22.2. The third kappa shape index (κ3) is 3.83. The molecule has 1 aliphatic rings. The molecule has 2 heterocycles. The van der Waals surface area contributed by atoms with Crippen LogP contribution in [0.25, 0.3) is 17.1 Å². The molecule has 3 aromatic rings. The normalized spacial score (nSPS) is 18.8. The van der Waals surface area contributed by atoms with Gasteiger partial charge >= 0.3 is 0 Å². The molecule has 2 unspecified atom stereocenters. The molecule has 0 bridgehead atoms. The van der Waals surface area contributed by atoms with Crippen molar-refractivity contribution in [2.75, 3.05) is 0 Å². The first-order valence-corrected chi connectivity index (χ1v) is 12.7. The average molecular weight is 447 g/mol. The second kappa shape index (κ2) is 7.80. The highest BCUT2D eigenvalue weighted by atomic mass is 32.2. The second-order valence-corrected chi connectivity index (χ2v) is 13.0. The minimum Gasteiger partial charge on any atom is -0.299 e. The maximum Gasteiger partial charge on any atom is 0.145 e. The fourth-order valence-corrected chi connectivity index (χ4v) is 6.34. The van der Waals surface area contributed by atoms with Crippen LogP contribution in [0.15, 0.2) is 41.6 Å². The Morgan fingerprint density at radius 2 is 1.53 bits per heavy atom. The minimum absolute atomic E-state index is 0.0386. The van der Waals surface area contributed by atoms with Crippen LogP contribution in [0, 0.1) is 13.8 Å². The van der Waals surface area contributed by atoms with E-state index in [0.717, 1.165) is 5.82 Å². The third-order valence-electron chi connectivity index (χ3n) is 6.96. The molecular weight excluding hydrogens is 408 g/mol. The largest absolute Gasteiger partial charge is 0.299 e. The maximum absolute atomic E-state index is 4.97. The maximum atomic E-state index is 4.97. The average Bonchev–Trinajstić information content (AvgIpc) is 3.24. The van der Waals surface area contributed by atoms with Crippen LogP contribution >= 0.6 is 11.8 Å². The predicted octanol–water partition coefficient (Wildman–Crippen LogP) is 8.35. The molecule has 32 heavy (non-hydrogen) atoms. The summed E-state index contributed by atoms with van der Waals surface area (Å²) < 4.78 is 2.33. The van der Waals surface area contributed by atoms with E-state index in [9.17, 15) is 0 Å². The van der Waals surface area contributed by atoms with Crippen molar-refractivity contribution in [2.24, 2.45) is 0 Å². The van der Waals surface area contributed by atoms with E-state index in [0.29, 0.717) is 11.2 Å². The summed E-state index contributed by atoms with van der Waals surface area (Å²) in [6, 6.07) is 9.42. The van der Waals surface area contributed by atoms with Crippen LogP contribution < -0.4 is 0 Å². The van der Waals surface area contributed by atoms with Crippen LogP contribution in [0.1, 0.15) is 89.1 Å². The molecule has 3 heteroatoms. The van der Waals surface area contributed by atoms with Crippen LogP contribution in [0.5, 0.6) is 0 Å². The van der Waals surface area contributed by atoms with E-state index >= 15 is 0 Å². The van der Waals surface area contributed by atoms with Crippen molar-refractivity contribution in [2.45, 2.75) is 96.1 Å². The van der Waals surface area contributed by atoms with Crippen LogP contribution in [-0.2, 0) is 10.8 Å². The summed E-state index contributed by atoms with van der Waals surface area (Å²) in [7, 11) is 0. The monoisotopic (exact) mass is 446 g/mol. The Morgan fingerprint density at radius 3 is 2.09 bits per heavy atom. The molecule has 2 atom stereocenters. The molecule has 4 rings (SSSR count). The van der Waals surface area contributed by atoms with Crippen LogP contribution in [0.2, 0.25) is 0 Å². The van der Waals surface area contributed by atoms with Gasteiger partial charge < -0.3 is 0 Å². The Morgan fingerprint density at radius 1 is 0.906 bits per heavy atom. The number of hydrogen-bond acceptors (Lipinski definition) is 2. The summed E-state index contributed by atoms with van der Waals surface area (Å²) >= 11 is 2.02. The second-order valence-electron chi connectivity index (χ2n) is 11.6. The van der Waals surface area contributed by atoms with Crippen molar-refractivity contribution in [3.05, 3.63) is 64.5 Å². The van der Waals surface area contributed by atoms with Crippen molar-refractivity contribution in [3.8, 4) is 17.1 Å². The minimum atomic E-state index is 0.0386. The number of benzene rings is 2. The Labute approximate surface area is 198 Å². The topological polar surface area (TPSA) is 17.8 Å². The zero-order chi connectivity index (χ0) is 23.6. The fraction of sp³-hybridized carbons (Fsp3) is 0.483. The zero-order valence-electron chi connectivity index (χ0n) is 21.4. The standard InChI is InChI=1S/C29H38N2S/c1-17-15-21(28(5,6)7)16-18(2)25(17)31-14-13-30-27(31)24-23(29(8,9)10)12-11-22-19(3)20(4)32-26(22)24/h11-16,19-20H,1-10H3. The lowest BCUT2D eigenvalue weighted by molar-refractivity contribution is 0.588. The smallest absolute Gasteiger partial charge is 0.145 e. The van der Waals surface area contributed by atoms with Gasteiger partial charge in [0.15, 0.2) is 0 Å². The van der Waals surface area contributed by atoms with E-state index < -0.39 is 0 Å². The molecule has 1 aliphatic heterocycles. The van der Waals surface area contributed by atoms with Crippen molar-refractivity contribution >= 4 is 11.8 Å². The van der Waals surface area contributed by atoms with Crippen LogP contribution in [0.4, 0.5) is 0 Å². The SMILES string of the molecule is Cc1cc(C(C)(C)C)cc(C)c1-n1ccnc1-c1c(C(C)(C)C)ccc2c1SC(C)C2C. The van der Waals surface area contributed by atoms with E-state index in [1.165, 1.54) is 44.0 Å².